The van der Waals surface area contributed by atoms with Gasteiger partial charge in [-0.3, -0.25) is 0 Å². The van der Waals surface area contributed by atoms with Crippen LogP contribution in [0.2, 0.25) is 0 Å². The lowest BCUT2D eigenvalue weighted by molar-refractivity contribution is -0.141. The Bertz CT molecular complexity index is 223. The third-order valence-electron chi connectivity index (χ3n) is 1.47. The van der Waals surface area contributed by atoms with Crippen LogP contribution < -0.4 is 0 Å². The van der Waals surface area contributed by atoms with E-state index in [2.05, 4.69) is 0 Å². The topological polar surface area (TPSA) is 26.3 Å². The monoisotopic (exact) mass is 274 g/mol. The molecule has 1 atom stereocenters. The van der Waals surface area contributed by atoms with Gasteiger partial charge in [-0.1, -0.05) is 19.9 Å². The van der Waals surface area contributed by atoms with Crippen molar-refractivity contribution in [2.24, 2.45) is 5.92 Å². The quantitative estimate of drug-likeness (QED) is 0.340. The fourth-order valence-corrected chi connectivity index (χ4v) is 4.56. The van der Waals surface area contributed by atoms with Gasteiger partial charge in [-0.15, -0.1) is 33.2 Å². The summed E-state index contributed by atoms with van der Waals surface area (Å²) in [7, 11) is 0. The van der Waals surface area contributed by atoms with Gasteiger partial charge in [0.05, 0.1) is 0 Å². The van der Waals surface area contributed by atoms with E-state index in [4.69, 9.17) is 38.0 Å². The summed E-state index contributed by atoms with van der Waals surface area (Å²) in [5.41, 5.74) is -0.601. The Morgan fingerprint density at radius 2 is 1.86 bits per heavy atom. The third-order valence-corrected chi connectivity index (χ3v) is 4.84. The number of halogens is 3. The van der Waals surface area contributed by atoms with Crippen LogP contribution >= 0.6 is 33.2 Å². The maximum Gasteiger partial charge on any atom is 0.381 e. The molecule has 6 heteroatoms. The molecule has 0 amide bonds. The Morgan fingerprint density at radius 3 is 2.14 bits per heavy atom. The second kappa shape index (κ2) is 6.01. The van der Waals surface area contributed by atoms with Crippen molar-refractivity contribution >= 4 is 45.2 Å². The first-order valence-corrected chi connectivity index (χ1v) is 9.30. The van der Waals surface area contributed by atoms with E-state index in [1.54, 1.807) is 13.0 Å². The molecule has 0 fully saturated rings. The average Bonchev–Trinajstić information content (AvgIpc) is 1.98. The van der Waals surface area contributed by atoms with Crippen molar-refractivity contribution in [3.8, 4) is 0 Å². The highest BCUT2D eigenvalue weighted by Gasteiger charge is 2.41. The van der Waals surface area contributed by atoms with Crippen LogP contribution in [-0.4, -0.2) is 17.7 Å². The summed E-state index contributed by atoms with van der Waals surface area (Å²) in [4.78, 5) is 11.1. The predicted octanol–water partition coefficient (Wildman–Crippen LogP) is 3.32. The summed E-state index contributed by atoms with van der Waals surface area (Å²) in [5, 5.41) is 0. The standard InChI is InChI=1S/C8H13Cl3O2Si/c1-4-5-7(12)13-8(6(2)3)14(9,10)11/h4-6,8H,1-3H3. The molecule has 14 heavy (non-hydrogen) atoms. The van der Waals surface area contributed by atoms with Crippen LogP contribution in [-0.2, 0) is 9.53 Å². The number of hydrogen-bond acceptors (Lipinski definition) is 2. The molecule has 0 aliphatic carbocycles. The Morgan fingerprint density at radius 1 is 1.36 bits per heavy atom. The normalized spacial score (nSPS) is 14.8. The molecule has 0 N–H and O–H groups in total. The molecule has 0 saturated heterocycles. The molecular formula is C8H13Cl3O2Si. The third kappa shape index (κ3) is 5.25. The molecule has 82 valence electrons. The van der Waals surface area contributed by atoms with E-state index >= 15 is 0 Å². The van der Waals surface area contributed by atoms with E-state index in [0.717, 1.165) is 0 Å². The van der Waals surface area contributed by atoms with Crippen LogP contribution in [0.5, 0.6) is 0 Å². The minimum Gasteiger partial charge on any atom is -0.458 e. The fraction of sp³-hybridized carbons (Fsp3) is 0.625. The second-order valence-electron chi connectivity index (χ2n) is 3.14. The highest BCUT2D eigenvalue weighted by atomic mass is 35.8. The van der Waals surface area contributed by atoms with Crippen molar-refractivity contribution in [2.75, 3.05) is 0 Å². The number of hydrogen-bond donors (Lipinski definition) is 0. The van der Waals surface area contributed by atoms with Crippen LogP contribution in [0.4, 0.5) is 0 Å². The highest BCUT2D eigenvalue weighted by Crippen LogP contribution is 2.31. The molecular weight excluding hydrogens is 263 g/mol. The zero-order chi connectivity index (χ0) is 11.4. The summed E-state index contributed by atoms with van der Waals surface area (Å²) >= 11 is 17.4. The van der Waals surface area contributed by atoms with Crippen molar-refractivity contribution in [2.45, 2.75) is 26.5 Å². The first-order valence-electron chi connectivity index (χ1n) is 4.19. The summed E-state index contributed by atoms with van der Waals surface area (Å²) < 4.78 is 5.06. The average molecular weight is 276 g/mol. The van der Waals surface area contributed by atoms with Gasteiger partial charge in [0.2, 0.25) is 0 Å². The molecule has 0 rings (SSSR count). The Balaban J connectivity index is 4.47. The molecule has 0 saturated carbocycles. The number of carbonyl (C=O) groups is 1. The lowest BCUT2D eigenvalue weighted by Crippen LogP contribution is -2.39. The number of carbonyl (C=O) groups excluding carboxylic acids is 1. The summed E-state index contributed by atoms with van der Waals surface area (Å²) in [6, 6.07) is -3.00. The molecule has 0 bridgehead atoms. The fourth-order valence-electron chi connectivity index (χ4n) is 0.881. The highest BCUT2D eigenvalue weighted by molar-refractivity contribution is 7.65. The molecule has 0 aromatic carbocycles. The minimum absolute atomic E-state index is 0.00312. The van der Waals surface area contributed by atoms with Crippen LogP contribution in [0.15, 0.2) is 12.2 Å². The molecule has 0 spiro atoms. The molecule has 0 aliphatic rings. The number of esters is 1. The lowest BCUT2D eigenvalue weighted by atomic mass is 10.2. The Hall–Kier alpha value is 0.297. The zero-order valence-electron chi connectivity index (χ0n) is 8.26. The van der Waals surface area contributed by atoms with Gasteiger partial charge in [-0.25, -0.2) is 4.79 Å². The lowest BCUT2D eigenvalue weighted by Gasteiger charge is -2.25. The van der Waals surface area contributed by atoms with E-state index in [1.165, 1.54) is 6.08 Å². The van der Waals surface area contributed by atoms with E-state index < -0.39 is 17.7 Å². The van der Waals surface area contributed by atoms with Crippen LogP contribution in [0.3, 0.4) is 0 Å². The number of ether oxygens (including phenoxy) is 1. The summed E-state index contributed by atoms with van der Waals surface area (Å²) in [6.45, 7) is 5.42. The van der Waals surface area contributed by atoms with Crippen molar-refractivity contribution < 1.29 is 9.53 Å². The molecule has 2 nitrogen and oxygen atoms in total. The van der Waals surface area contributed by atoms with Crippen molar-refractivity contribution in [1.29, 1.82) is 0 Å². The smallest absolute Gasteiger partial charge is 0.381 e. The van der Waals surface area contributed by atoms with Crippen LogP contribution in [0.25, 0.3) is 0 Å². The van der Waals surface area contributed by atoms with Crippen molar-refractivity contribution in [3.63, 3.8) is 0 Å². The van der Waals surface area contributed by atoms with E-state index in [9.17, 15) is 4.79 Å². The van der Waals surface area contributed by atoms with Gasteiger partial charge in [0, 0.05) is 6.08 Å². The number of allylic oxidation sites excluding steroid dienone is 1. The molecule has 0 radical (unpaired) electrons. The molecule has 0 aromatic rings. The van der Waals surface area contributed by atoms with Gasteiger partial charge < -0.3 is 4.74 Å². The van der Waals surface area contributed by atoms with Gasteiger partial charge in [-0.05, 0) is 12.8 Å². The molecule has 0 heterocycles. The van der Waals surface area contributed by atoms with E-state index in [1.807, 2.05) is 13.8 Å². The van der Waals surface area contributed by atoms with Gasteiger partial charge >= 0.3 is 12.0 Å². The summed E-state index contributed by atoms with van der Waals surface area (Å²) in [6.07, 6.45) is 2.89. The molecule has 1 unspecified atom stereocenters. The molecule has 0 aliphatic heterocycles. The maximum atomic E-state index is 11.1. The van der Waals surface area contributed by atoms with Gasteiger partial charge in [0.15, 0.2) is 0 Å². The first-order chi connectivity index (χ1) is 6.29. The summed E-state index contributed by atoms with van der Waals surface area (Å²) in [5.74, 6) is -0.464. The van der Waals surface area contributed by atoms with Gasteiger partial charge in [-0.2, -0.15) is 0 Å². The Kier molecular flexibility index (Phi) is 6.13. The van der Waals surface area contributed by atoms with E-state index in [-0.39, 0.29) is 5.92 Å². The van der Waals surface area contributed by atoms with E-state index in [0.29, 0.717) is 0 Å². The number of rotatable bonds is 4. The maximum absolute atomic E-state index is 11.1. The molecule has 0 aromatic heterocycles. The zero-order valence-corrected chi connectivity index (χ0v) is 11.5. The van der Waals surface area contributed by atoms with Crippen LogP contribution in [0.1, 0.15) is 20.8 Å². The Labute approximate surface area is 99.3 Å². The van der Waals surface area contributed by atoms with Gasteiger partial charge in [0.1, 0.15) is 5.73 Å². The van der Waals surface area contributed by atoms with Crippen molar-refractivity contribution in [1.82, 2.24) is 0 Å². The SMILES string of the molecule is CC=CC(=O)OC(C(C)C)[Si](Cl)(Cl)Cl. The largest absolute Gasteiger partial charge is 0.458 e. The van der Waals surface area contributed by atoms with Crippen molar-refractivity contribution in [3.05, 3.63) is 12.2 Å². The second-order valence-corrected chi connectivity index (χ2v) is 11.9. The van der Waals surface area contributed by atoms with Gasteiger partial charge in [0.25, 0.3) is 0 Å². The van der Waals surface area contributed by atoms with Crippen LogP contribution in [0, 0.1) is 5.92 Å². The predicted molar refractivity (Wildman–Crippen MR) is 62.8 cm³/mol. The minimum atomic E-state index is -3.00. The first kappa shape index (κ1) is 14.3.